The number of rotatable bonds is 5. The third-order valence-electron chi connectivity index (χ3n) is 5.85. The van der Waals surface area contributed by atoms with Gasteiger partial charge < -0.3 is 18.9 Å². The Morgan fingerprint density at radius 2 is 1.78 bits per heavy atom. The molecule has 0 radical (unpaired) electrons. The predicted octanol–water partition coefficient (Wildman–Crippen LogP) is 5.72. The fourth-order valence-corrected chi connectivity index (χ4v) is 4.64. The summed E-state index contributed by atoms with van der Waals surface area (Å²) < 4.78 is 23.8. The van der Waals surface area contributed by atoms with E-state index < -0.39 is 6.23 Å². The van der Waals surface area contributed by atoms with Crippen LogP contribution in [-0.2, 0) is 0 Å². The Kier molecular flexibility index (Phi) is 5.43. The number of hydrogen-bond donors (Lipinski definition) is 0. The van der Waals surface area contributed by atoms with Gasteiger partial charge in [-0.2, -0.15) is 5.10 Å². The van der Waals surface area contributed by atoms with Gasteiger partial charge in [0.15, 0.2) is 11.5 Å². The summed E-state index contributed by atoms with van der Waals surface area (Å²) in [7, 11) is 4.94. The molecule has 0 fully saturated rings. The highest BCUT2D eigenvalue weighted by Crippen LogP contribution is 2.49. The lowest BCUT2D eigenvalue weighted by Gasteiger charge is -2.38. The molecule has 0 spiro atoms. The van der Waals surface area contributed by atoms with E-state index in [4.69, 9.17) is 24.0 Å². The van der Waals surface area contributed by atoms with Gasteiger partial charge in [0.25, 0.3) is 0 Å². The molecule has 32 heavy (non-hydrogen) atoms. The van der Waals surface area contributed by atoms with Crippen molar-refractivity contribution in [1.29, 1.82) is 0 Å². The second kappa shape index (κ2) is 8.39. The average Bonchev–Trinajstić information content (AvgIpc) is 3.29. The first kappa shape index (κ1) is 20.7. The number of fused-ring (bicyclic) bond motifs is 3. The number of hydrogen-bond acceptors (Lipinski definition) is 6. The van der Waals surface area contributed by atoms with Crippen LogP contribution in [0.4, 0.5) is 0 Å². The van der Waals surface area contributed by atoms with E-state index in [0.29, 0.717) is 11.5 Å². The van der Waals surface area contributed by atoms with Crippen LogP contribution in [0.25, 0.3) is 0 Å². The van der Waals surface area contributed by atoms with Crippen LogP contribution in [0.15, 0.2) is 70.2 Å². The van der Waals surface area contributed by atoms with Gasteiger partial charge in [-0.1, -0.05) is 28.1 Å². The summed E-state index contributed by atoms with van der Waals surface area (Å²) in [6.45, 7) is 0. The van der Waals surface area contributed by atoms with Gasteiger partial charge in [0, 0.05) is 27.6 Å². The van der Waals surface area contributed by atoms with Crippen molar-refractivity contribution >= 4 is 21.6 Å². The summed E-state index contributed by atoms with van der Waals surface area (Å²) in [5.41, 5.74) is 4.09. The Bertz CT molecular complexity index is 1200. The van der Waals surface area contributed by atoms with Gasteiger partial charge in [0.05, 0.1) is 33.1 Å². The van der Waals surface area contributed by atoms with Crippen LogP contribution in [0.1, 0.15) is 35.4 Å². The first-order valence-corrected chi connectivity index (χ1v) is 11.1. The van der Waals surface area contributed by atoms with E-state index >= 15 is 0 Å². The number of benzene rings is 3. The largest absolute Gasteiger partial charge is 0.497 e. The van der Waals surface area contributed by atoms with Gasteiger partial charge in [0.1, 0.15) is 11.5 Å². The highest BCUT2D eigenvalue weighted by Gasteiger charge is 2.41. The molecule has 0 amide bonds. The molecular weight excluding hydrogens is 472 g/mol. The summed E-state index contributed by atoms with van der Waals surface area (Å²) in [6.07, 6.45) is 0.376. The molecule has 0 aromatic heterocycles. The van der Waals surface area contributed by atoms with Crippen LogP contribution in [0.5, 0.6) is 23.0 Å². The molecule has 6 nitrogen and oxygen atoms in total. The topological polar surface area (TPSA) is 52.5 Å². The van der Waals surface area contributed by atoms with E-state index in [1.165, 1.54) is 0 Å². The zero-order valence-electron chi connectivity index (χ0n) is 18.0. The first-order valence-electron chi connectivity index (χ1n) is 10.3. The molecule has 2 aliphatic heterocycles. The Morgan fingerprint density at radius 3 is 2.56 bits per heavy atom. The van der Waals surface area contributed by atoms with Crippen molar-refractivity contribution in [2.75, 3.05) is 21.3 Å². The van der Waals surface area contributed by atoms with E-state index in [1.54, 1.807) is 21.3 Å². The van der Waals surface area contributed by atoms with Gasteiger partial charge in [-0.05, 0) is 48.5 Å². The van der Waals surface area contributed by atoms with E-state index in [0.717, 1.165) is 44.8 Å². The molecule has 5 rings (SSSR count). The van der Waals surface area contributed by atoms with Crippen LogP contribution in [0.2, 0.25) is 0 Å². The van der Waals surface area contributed by atoms with Gasteiger partial charge in [-0.25, -0.2) is 5.01 Å². The molecule has 2 aliphatic rings. The maximum Gasteiger partial charge on any atom is 0.214 e. The smallest absolute Gasteiger partial charge is 0.214 e. The second-order valence-corrected chi connectivity index (χ2v) is 8.56. The molecule has 2 unspecified atom stereocenters. The molecule has 0 aliphatic carbocycles. The van der Waals surface area contributed by atoms with Crippen molar-refractivity contribution in [3.05, 3.63) is 81.8 Å². The lowest BCUT2D eigenvalue weighted by Crippen LogP contribution is -2.33. The fraction of sp³-hybridized carbons (Fsp3) is 0.240. The molecule has 7 heteroatoms. The number of nitrogens with zero attached hydrogens (tertiary/aromatic N) is 2. The number of hydrazone groups is 1. The lowest BCUT2D eigenvalue weighted by molar-refractivity contribution is -0.0192. The van der Waals surface area contributed by atoms with Crippen LogP contribution in [0, 0.1) is 0 Å². The first-order chi connectivity index (χ1) is 15.6. The maximum atomic E-state index is 6.47. The van der Waals surface area contributed by atoms with Crippen LogP contribution >= 0.6 is 15.9 Å². The molecular formula is C25H23BrN2O4. The molecule has 0 saturated carbocycles. The molecule has 2 heterocycles. The molecule has 2 atom stereocenters. The van der Waals surface area contributed by atoms with Crippen LogP contribution in [-0.4, -0.2) is 32.0 Å². The number of methoxy groups -OCH3 is 3. The monoisotopic (exact) mass is 494 g/mol. The number of halogens is 1. The van der Waals surface area contributed by atoms with E-state index in [-0.39, 0.29) is 6.04 Å². The summed E-state index contributed by atoms with van der Waals surface area (Å²) in [4.78, 5) is 0. The predicted molar refractivity (Wildman–Crippen MR) is 126 cm³/mol. The Hall–Kier alpha value is -3.19. The summed E-state index contributed by atoms with van der Waals surface area (Å²) >= 11 is 3.60. The van der Waals surface area contributed by atoms with E-state index in [9.17, 15) is 0 Å². The van der Waals surface area contributed by atoms with Crippen molar-refractivity contribution in [2.24, 2.45) is 5.10 Å². The van der Waals surface area contributed by atoms with Gasteiger partial charge in [0.2, 0.25) is 6.23 Å². The minimum atomic E-state index is -0.392. The van der Waals surface area contributed by atoms with Crippen molar-refractivity contribution in [3.8, 4) is 23.0 Å². The van der Waals surface area contributed by atoms with Crippen molar-refractivity contribution in [3.63, 3.8) is 0 Å². The van der Waals surface area contributed by atoms with Crippen LogP contribution in [0.3, 0.4) is 0 Å². The zero-order valence-corrected chi connectivity index (χ0v) is 19.6. The summed E-state index contributed by atoms with van der Waals surface area (Å²) in [5.74, 6) is 3.00. The average molecular weight is 495 g/mol. The highest BCUT2D eigenvalue weighted by atomic mass is 79.9. The molecule has 3 aromatic carbocycles. The lowest BCUT2D eigenvalue weighted by atomic mass is 9.96. The van der Waals surface area contributed by atoms with Gasteiger partial charge in [-0.3, -0.25) is 0 Å². The molecule has 164 valence electrons. The number of ether oxygens (including phenoxy) is 4. The fourth-order valence-electron chi connectivity index (χ4n) is 4.26. The Morgan fingerprint density at radius 1 is 0.938 bits per heavy atom. The molecule has 0 N–H and O–H groups in total. The van der Waals surface area contributed by atoms with Crippen molar-refractivity contribution in [1.82, 2.24) is 5.01 Å². The van der Waals surface area contributed by atoms with Gasteiger partial charge in [-0.15, -0.1) is 0 Å². The minimum absolute atomic E-state index is 0.0514. The van der Waals surface area contributed by atoms with Crippen molar-refractivity contribution < 1.29 is 18.9 Å². The molecule has 3 aromatic rings. The summed E-state index contributed by atoms with van der Waals surface area (Å²) in [6, 6.07) is 20.0. The molecule has 0 saturated heterocycles. The van der Waals surface area contributed by atoms with E-state index in [2.05, 4.69) is 28.1 Å². The maximum absolute atomic E-state index is 6.47. The van der Waals surface area contributed by atoms with Gasteiger partial charge >= 0.3 is 0 Å². The Balaban J connectivity index is 1.60. The zero-order chi connectivity index (χ0) is 22.2. The molecule has 0 bridgehead atoms. The third kappa shape index (κ3) is 3.56. The standard InChI is InChI=1S/C25H23BrN2O4/c1-29-18-6-4-5-15(11-18)20-14-21-19-13-17(26)8-10-22(19)32-25(28(21)27-20)16-7-9-23(30-2)24(12-16)31-3/h4-13,21,25H,14H2,1-3H3. The third-order valence-corrected chi connectivity index (χ3v) is 6.34. The quantitative estimate of drug-likeness (QED) is 0.454. The van der Waals surface area contributed by atoms with E-state index in [1.807, 2.05) is 53.5 Å². The SMILES string of the molecule is COc1cccc(C2=NN3C(C2)c2cc(Br)ccc2OC3c2ccc(OC)c(OC)c2)c1. The normalized spacial score (nSPS) is 18.9. The Labute approximate surface area is 195 Å². The second-order valence-electron chi connectivity index (χ2n) is 7.65. The van der Waals surface area contributed by atoms with Crippen LogP contribution < -0.4 is 18.9 Å². The minimum Gasteiger partial charge on any atom is -0.497 e. The summed E-state index contributed by atoms with van der Waals surface area (Å²) in [5, 5.41) is 7.07. The highest BCUT2D eigenvalue weighted by molar-refractivity contribution is 9.10. The van der Waals surface area contributed by atoms with Crippen molar-refractivity contribution in [2.45, 2.75) is 18.7 Å².